The number of aryl methyl sites for hydroxylation is 1. The van der Waals surface area contributed by atoms with Crippen LogP contribution in [0.5, 0.6) is 0 Å². The fraction of sp³-hybridized carbons (Fsp3) is 0.304. The molecule has 0 saturated carbocycles. The summed E-state index contributed by atoms with van der Waals surface area (Å²) < 4.78 is 1.77. The lowest BCUT2D eigenvalue weighted by Crippen LogP contribution is -2.46. The zero-order valence-electron chi connectivity index (χ0n) is 17.5. The van der Waals surface area contributed by atoms with Crippen molar-refractivity contribution in [2.75, 3.05) is 25.0 Å². The highest BCUT2D eigenvalue weighted by atomic mass is 16.4. The minimum Gasteiger partial charge on any atom is -0.478 e. The predicted octanol–water partition coefficient (Wildman–Crippen LogP) is 3.42. The molecule has 2 aromatic carbocycles. The van der Waals surface area contributed by atoms with Gasteiger partial charge in [0.05, 0.1) is 17.3 Å². The zero-order chi connectivity index (χ0) is 22.1. The normalized spacial score (nSPS) is 14.6. The molecular weight excluding hydrogens is 396 g/mol. The van der Waals surface area contributed by atoms with Gasteiger partial charge in [-0.2, -0.15) is 5.10 Å². The number of carbonyl (C=O) groups is 3. The second-order valence-electron chi connectivity index (χ2n) is 7.86. The van der Waals surface area contributed by atoms with E-state index in [1.807, 2.05) is 25.2 Å². The van der Waals surface area contributed by atoms with Crippen molar-refractivity contribution in [3.05, 3.63) is 59.8 Å². The molecule has 1 aliphatic rings. The van der Waals surface area contributed by atoms with Crippen LogP contribution in [0.2, 0.25) is 0 Å². The second kappa shape index (κ2) is 8.22. The van der Waals surface area contributed by atoms with Gasteiger partial charge in [0.2, 0.25) is 0 Å². The van der Waals surface area contributed by atoms with Crippen molar-refractivity contribution in [1.29, 1.82) is 0 Å². The summed E-state index contributed by atoms with van der Waals surface area (Å²) >= 11 is 0. The first-order valence-electron chi connectivity index (χ1n) is 10.2. The number of urea groups is 1. The largest absolute Gasteiger partial charge is 0.478 e. The minimum absolute atomic E-state index is 0.0976. The van der Waals surface area contributed by atoms with E-state index in [0.29, 0.717) is 37.2 Å². The number of aromatic carboxylic acids is 1. The fourth-order valence-corrected chi connectivity index (χ4v) is 4.06. The highest BCUT2D eigenvalue weighted by Gasteiger charge is 2.29. The smallest absolute Gasteiger partial charge is 0.335 e. The minimum atomic E-state index is -1.04. The van der Waals surface area contributed by atoms with Crippen molar-refractivity contribution in [2.24, 2.45) is 13.0 Å². The molecule has 0 atom stereocenters. The molecule has 8 nitrogen and oxygen atoms in total. The fourth-order valence-electron chi connectivity index (χ4n) is 4.06. The van der Waals surface area contributed by atoms with Gasteiger partial charge in [-0.15, -0.1) is 0 Å². The molecule has 4 rings (SSSR count). The number of amides is 2. The maximum atomic E-state index is 13.0. The monoisotopic (exact) mass is 420 g/mol. The number of aromatic nitrogens is 2. The standard InChI is InChI=1S/C23H24N4O4/c1-25(19-5-3-4-17(13-19)22(29)30)23(31)27-10-8-15(9-11-27)21(28)16-6-7-20-18(12-16)14-24-26(20)2/h3-7,12-15H,8-11H2,1-2H3,(H,29,30). The van der Waals surface area contributed by atoms with E-state index in [-0.39, 0.29) is 23.3 Å². The summed E-state index contributed by atoms with van der Waals surface area (Å²) in [6.45, 7) is 0.959. The van der Waals surface area contributed by atoms with Gasteiger partial charge in [0.1, 0.15) is 0 Å². The van der Waals surface area contributed by atoms with Crippen LogP contribution in [-0.2, 0) is 7.05 Å². The van der Waals surface area contributed by atoms with Gasteiger partial charge in [-0.3, -0.25) is 14.4 Å². The van der Waals surface area contributed by atoms with E-state index in [0.717, 1.165) is 10.9 Å². The number of carboxylic acids is 1. The van der Waals surface area contributed by atoms with E-state index < -0.39 is 5.97 Å². The SMILES string of the molecule is CN(C(=O)N1CCC(C(=O)c2ccc3c(cnn3C)c2)CC1)c1cccc(C(=O)O)c1. The van der Waals surface area contributed by atoms with Crippen LogP contribution < -0.4 is 4.90 Å². The van der Waals surface area contributed by atoms with E-state index in [4.69, 9.17) is 5.11 Å². The Balaban J connectivity index is 1.40. The number of carboxylic acid groups (broad SMARTS) is 1. The average Bonchev–Trinajstić information content (AvgIpc) is 3.17. The highest BCUT2D eigenvalue weighted by molar-refractivity contribution is 6.01. The number of carbonyl (C=O) groups excluding carboxylic acids is 2. The van der Waals surface area contributed by atoms with E-state index >= 15 is 0 Å². The number of rotatable bonds is 4. The molecule has 1 fully saturated rings. The molecule has 8 heteroatoms. The molecule has 1 saturated heterocycles. The summed E-state index contributed by atoms with van der Waals surface area (Å²) in [5.41, 5.74) is 2.31. The van der Waals surface area contributed by atoms with Crippen LogP contribution in [0.15, 0.2) is 48.7 Å². The third-order valence-electron chi connectivity index (χ3n) is 5.93. The van der Waals surface area contributed by atoms with Crippen LogP contribution in [-0.4, -0.2) is 57.7 Å². The van der Waals surface area contributed by atoms with Gasteiger partial charge in [0.25, 0.3) is 0 Å². The van der Waals surface area contributed by atoms with Gasteiger partial charge in [-0.25, -0.2) is 9.59 Å². The Labute approximate surface area is 179 Å². The lowest BCUT2D eigenvalue weighted by molar-refractivity contribution is 0.0696. The summed E-state index contributed by atoms with van der Waals surface area (Å²) in [7, 11) is 3.50. The molecule has 0 bridgehead atoms. The Morgan fingerprint density at radius 3 is 2.52 bits per heavy atom. The number of likely N-dealkylation sites (tertiary alicyclic amines) is 1. The van der Waals surface area contributed by atoms with Crippen LogP contribution in [0.25, 0.3) is 10.9 Å². The number of piperidine rings is 1. The van der Waals surface area contributed by atoms with Gasteiger partial charge in [-0.1, -0.05) is 6.07 Å². The van der Waals surface area contributed by atoms with Crippen LogP contribution >= 0.6 is 0 Å². The van der Waals surface area contributed by atoms with Crippen molar-refractivity contribution < 1.29 is 19.5 Å². The molecule has 160 valence electrons. The number of anilines is 1. The molecule has 1 N–H and O–H groups in total. The van der Waals surface area contributed by atoms with Crippen molar-refractivity contribution in [2.45, 2.75) is 12.8 Å². The third-order valence-corrected chi connectivity index (χ3v) is 5.93. The Hall–Kier alpha value is -3.68. The Bertz CT molecular complexity index is 1160. The quantitative estimate of drug-likeness (QED) is 0.653. The highest BCUT2D eigenvalue weighted by Crippen LogP contribution is 2.25. The molecular formula is C23H24N4O4. The number of ketones is 1. The second-order valence-corrected chi connectivity index (χ2v) is 7.86. The average molecular weight is 420 g/mol. The van der Waals surface area contributed by atoms with Crippen molar-refractivity contribution in [3.63, 3.8) is 0 Å². The maximum absolute atomic E-state index is 13.0. The topological polar surface area (TPSA) is 95.7 Å². The predicted molar refractivity (Wildman–Crippen MR) is 117 cm³/mol. The zero-order valence-corrected chi connectivity index (χ0v) is 17.5. The molecule has 0 spiro atoms. The molecule has 31 heavy (non-hydrogen) atoms. The van der Waals surface area contributed by atoms with Gasteiger partial charge in [-0.05, 0) is 49.2 Å². The lowest BCUT2D eigenvalue weighted by Gasteiger charge is -2.34. The molecule has 0 radical (unpaired) electrons. The lowest BCUT2D eigenvalue weighted by atomic mass is 9.88. The molecule has 1 aromatic heterocycles. The summed E-state index contributed by atoms with van der Waals surface area (Å²) in [5, 5.41) is 14.3. The van der Waals surface area contributed by atoms with Gasteiger partial charge >= 0.3 is 12.0 Å². The van der Waals surface area contributed by atoms with Crippen LogP contribution in [0.3, 0.4) is 0 Å². The first kappa shape index (κ1) is 20.6. The van der Waals surface area contributed by atoms with Crippen molar-refractivity contribution in [1.82, 2.24) is 14.7 Å². The Morgan fingerprint density at radius 1 is 1.06 bits per heavy atom. The Kier molecular flexibility index (Phi) is 5.46. The number of fused-ring (bicyclic) bond motifs is 1. The van der Waals surface area contributed by atoms with Gasteiger partial charge in [0, 0.05) is 49.7 Å². The van der Waals surface area contributed by atoms with Crippen molar-refractivity contribution >= 4 is 34.4 Å². The van der Waals surface area contributed by atoms with Crippen LogP contribution in [0.1, 0.15) is 33.6 Å². The molecule has 1 aliphatic heterocycles. The number of nitrogens with zero attached hydrogens (tertiary/aromatic N) is 4. The van der Waals surface area contributed by atoms with Crippen LogP contribution in [0.4, 0.5) is 10.5 Å². The van der Waals surface area contributed by atoms with Crippen LogP contribution in [0, 0.1) is 5.92 Å². The van der Waals surface area contributed by atoms with E-state index in [1.165, 1.54) is 17.0 Å². The number of hydrogen-bond donors (Lipinski definition) is 1. The third kappa shape index (κ3) is 4.01. The van der Waals surface area contributed by atoms with Crippen molar-refractivity contribution in [3.8, 4) is 0 Å². The summed E-state index contributed by atoms with van der Waals surface area (Å²) in [6.07, 6.45) is 2.94. The maximum Gasteiger partial charge on any atom is 0.335 e. The first-order valence-corrected chi connectivity index (χ1v) is 10.2. The summed E-state index contributed by atoms with van der Waals surface area (Å²) in [6, 6.07) is 11.7. The molecule has 0 aliphatic carbocycles. The number of Topliss-reactive ketones (excluding diaryl/α,β-unsaturated/α-hetero) is 1. The number of hydrogen-bond acceptors (Lipinski definition) is 4. The van der Waals surface area contributed by atoms with E-state index in [1.54, 1.807) is 35.0 Å². The molecule has 2 amide bonds. The van der Waals surface area contributed by atoms with E-state index in [9.17, 15) is 14.4 Å². The first-order chi connectivity index (χ1) is 14.8. The van der Waals surface area contributed by atoms with E-state index in [2.05, 4.69) is 5.10 Å². The van der Waals surface area contributed by atoms with Gasteiger partial charge in [0.15, 0.2) is 5.78 Å². The number of benzene rings is 2. The molecule has 2 heterocycles. The van der Waals surface area contributed by atoms with Gasteiger partial charge < -0.3 is 10.0 Å². The molecule has 3 aromatic rings. The Morgan fingerprint density at radius 2 is 1.81 bits per heavy atom. The molecule has 0 unspecified atom stereocenters. The summed E-state index contributed by atoms with van der Waals surface area (Å²) in [5.74, 6) is -1.06. The summed E-state index contributed by atoms with van der Waals surface area (Å²) in [4.78, 5) is 40.2.